The van der Waals surface area contributed by atoms with Crippen LogP contribution in [0, 0.1) is 11.6 Å². The number of carbonyl (C=O) groups excluding carboxylic acids is 1. The maximum atomic E-state index is 14.2. The van der Waals surface area contributed by atoms with E-state index in [0.29, 0.717) is 0 Å². The van der Waals surface area contributed by atoms with Gasteiger partial charge in [0.25, 0.3) is 10.0 Å². The van der Waals surface area contributed by atoms with Crippen LogP contribution < -0.4 is 20.1 Å². The van der Waals surface area contributed by atoms with Gasteiger partial charge in [-0.3, -0.25) is 4.79 Å². The first-order chi connectivity index (χ1) is 15.0. The third-order valence-corrected chi connectivity index (χ3v) is 5.50. The number of sulfonamides is 1. The van der Waals surface area contributed by atoms with Crippen LogP contribution in [0.4, 0.5) is 28.9 Å². The van der Waals surface area contributed by atoms with Crippen LogP contribution in [0.2, 0.25) is 0 Å². The normalized spacial score (nSPS) is 18.8. The molecule has 3 N–H and O–H groups in total. The SMILES string of the molecule is COc1c(N2C[C@H](OC(F)F)C[C@@H]2C(=O)Nc2ccnc(S(N)(=O)=O)c2)ccc(F)c1F. The average molecular weight is 478 g/mol. The van der Waals surface area contributed by atoms with Gasteiger partial charge in [-0.05, 0) is 18.2 Å². The van der Waals surface area contributed by atoms with Gasteiger partial charge in [-0.25, -0.2) is 22.9 Å². The Bertz CT molecular complexity index is 1120. The van der Waals surface area contributed by atoms with Crippen molar-refractivity contribution in [3.63, 3.8) is 0 Å². The number of hydrogen-bond acceptors (Lipinski definition) is 7. The van der Waals surface area contributed by atoms with Crippen LogP contribution in [0.15, 0.2) is 35.5 Å². The summed E-state index contributed by atoms with van der Waals surface area (Å²) in [6, 6.07) is 3.09. The van der Waals surface area contributed by atoms with Crippen molar-refractivity contribution in [3.05, 3.63) is 42.1 Å². The fourth-order valence-corrected chi connectivity index (χ4v) is 3.87. The van der Waals surface area contributed by atoms with Crippen molar-refractivity contribution >= 4 is 27.3 Å². The molecular formula is C18H18F4N4O5S. The first kappa shape index (κ1) is 23.7. The molecule has 2 atom stereocenters. The number of nitrogens with one attached hydrogen (secondary N) is 1. The minimum Gasteiger partial charge on any atom is -0.491 e. The number of hydrogen-bond donors (Lipinski definition) is 2. The maximum absolute atomic E-state index is 14.2. The second-order valence-corrected chi connectivity index (χ2v) is 8.26. The summed E-state index contributed by atoms with van der Waals surface area (Å²) >= 11 is 0. The molecule has 0 radical (unpaired) electrons. The van der Waals surface area contributed by atoms with E-state index in [0.717, 1.165) is 31.5 Å². The number of ether oxygens (including phenoxy) is 2. The summed E-state index contributed by atoms with van der Waals surface area (Å²) in [6.45, 7) is -3.36. The zero-order valence-electron chi connectivity index (χ0n) is 16.5. The number of pyridine rings is 1. The Hall–Kier alpha value is -2.97. The first-order valence-corrected chi connectivity index (χ1v) is 10.6. The number of rotatable bonds is 7. The number of benzene rings is 1. The topological polar surface area (TPSA) is 124 Å². The fourth-order valence-electron chi connectivity index (χ4n) is 3.37. The standard InChI is InChI=1S/C18H18F4N4O5S/c1-30-16-12(3-2-11(19)15(16)20)26-8-10(31-18(21)22)7-13(26)17(27)25-9-4-5-24-14(6-9)32(23,28)29/h2-6,10,13,18H,7-8H2,1H3,(H2,23,28,29)(H,24,25,27)/t10-,13-/m1/s1. The van der Waals surface area contributed by atoms with Gasteiger partial charge in [0.2, 0.25) is 11.7 Å². The molecule has 14 heteroatoms. The average Bonchev–Trinajstić information content (AvgIpc) is 3.12. The lowest BCUT2D eigenvalue weighted by Crippen LogP contribution is -2.40. The van der Waals surface area contributed by atoms with E-state index < -0.39 is 57.1 Å². The molecule has 2 heterocycles. The summed E-state index contributed by atoms with van der Waals surface area (Å²) in [6.07, 6.45) is -0.227. The van der Waals surface area contributed by atoms with Crippen molar-refractivity contribution in [1.29, 1.82) is 0 Å². The van der Waals surface area contributed by atoms with Crippen LogP contribution in [0.5, 0.6) is 5.75 Å². The summed E-state index contributed by atoms with van der Waals surface area (Å²) in [5, 5.41) is 6.96. The highest BCUT2D eigenvalue weighted by Gasteiger charge is 2.40. The molecule has 0 unspecified atom stereocenters. The van der Waals surface area contributed by atoms with Crippen molar-refractivity contribution < 1.29 is 40.2 Å². The third-order valence-electron chi connectivity index (χ3n) is 4.70. The Balaban J connectivity index is 1.93. The van der Waals surface area contributed by atoms with Crippen molar-refractivity contribution in [2.75, 3.05) is 23.9 Å². The molecule has 0 spiro atoms. The van der Waals surface area contributed by atoms with E-state index in [2.05, 4.69) is 15.0 Å². The van der Waals surface area contributed by atoms with Crippen LogP contribution in [0.3, 0.4) is 0 Å². The molecule has 174 valence electrons. The van der Waals surface area contributed by atoms with Crippen LogP contribution in [0.25, 0.3) is 0 Å². The van der Waals surface area contributed by atoms with Crippen molar-refractivity contribution in [1.82, 2.24) is 4.98 Å². The van der Waals surface area contributed by atoms with Gasteiger partial charge in [0.15, 0.2) is 16.6 Å². The van der Waals surface area contributed by atoms with Crippen molar-refractivity contribution in [3.8, 4) is 5.75 Å². The highest BCUT2D eigenvalue weighted by atomic mass is 32.2. The lowest BCUT2D eigenvalue weighted by atomic mass is 10.1. The number of carbonyl (C=O) groups is 1. The highest BCUT2D eigenvalue weighted by Crippen LogP contribution is 2.38. The molecule has 1 fully saturated rings. The van der Waals surface area contributed by atoms with E-state index in [1.807, 2.05) is 0 Å². The number of nitrogens with two attached hydrogens (primary N) is 1. The molecule has 3 rings (SSSR count). The Morgan fingerprint density at radius 1 is 1.31 bits per heavy atom. The molecule has 0 saturated carbocycles. The summed E-state index contributed by atoms with van der Waals surface area (Å²) in [5.74, 6) is -3.77. The Kier molecular flexibility index (Phi) is 6.85. The summed E-state index contributed by atoms with van der Waals surface area (Å²) in [4.78, 5) is 17.8. The molecule has 32 heavy (non-hydrogen) atoms. The van der Waals surface area contributed by atoms with Gasteiger partial charge in [0.1, 0.15) is 6.04 Å². The van der Waals surface area contributed by atoms with Gasteiger partial charge in [-0.1, -0.05) is 0 Å². The predicted molar refractivity (Wildman–Crippen MR) is 104 cm³/mol. The summed E-state index contributed by atoms with van der Waals surface area (Å²) < 4.78 is 85.7. The van der Waals surface area contributed by atoms with Gasteiger partial charge < -0.3 is 19.7 Å². The number of primary sulfonamides is 1. The van der Waals surface area contributed by atoms with E-state index in [9.17, 15) is 30.8 Å². The summed E-state index contributed by atoms with van der Waals surface area (Å²) in [7, 11) is -3.06. The number of nitrogens with zero attached hydrogens (tertiary/aromatic N) is 2. The quantitative estimate of drug-likeness (QED) is 0.582. The number of methoxy groups -OCH3 is 1. The lowest BCUT2D eigenvalue weighted by molar-refractivity contribution is -0.157. The van der Waals surface area contributed by atoms with Gasteiger partial charge in [-0.15, -0.1) is 0 Å². The van der Waals surface area contributed by atoms with E-state index >= 15 is 0 Å². The molecule has 1 aromatic heterocycles. The van der Waals surface area contributed by atoms with Gasteiger partial charge in [-0.2, -0.15) is 13.2 Å². The Labute approximate surface area is 180 Å². The monoisotopic (exact) mass is 478 g/mol. The molecule has 1 aliphatic heterocycles. The smallest absolute Gasteiger partial charge is 0.345 e. The number of anilines is 2. The van der Waals surface area contributed by atoms with Crippen LogP contribution in [-0.2, 0) is 19.6 Å². The van der Waals surface area contributed by atoms with Crippen LogP contribution in [0.1, 0.15) is 6.42 Å². The first-order valence-electron chi connectivity index (χ1n) is 9.03. The fraction of sp³-hybridized carbons (Fsp3) is 0.333. The predicted octanol–water partition coefficient (Wildman–Crippen LogP) is 1.84. The molecule has 1 amide bonds. The molecule has 0 bridgehead atoms. The van der Waals surface area contributed by atoms with Crippen molar-refractivity contribution in [2.45, 2.75) is 30.2 Å². The molecule has 2 aromatic rings. The third kappa shape index (κ3) is 5.08. The minimum absolute atomic E-state index is 0.0180. The van der Waals surface area contributed by atoms with E-state index in [1.54, 1.807) is 0 Å². The number of alkyl halides is 2. The number of amides is 1. The van der Waals surface area contributed by atoms with Crippen LogP contribution in [-0.4, -0.2) is 51.7 Å². The van der Waals surface area contributed by atoms with E-state index in [4.69, 9.17) is 9.88 Å². The lowest BCUT2D eigenvalue weighted by Gasteiger charge is -2.27. The molecule has 1 aliphatic rings. The molecule has 1 aromatic carbocycles. The van der Waals surface area contributed by atoms with E-state index in [1.165, 1.54) is 11.0 Å². The zero-order valence-corrected chi connectivity index (χ0v) is 17.3. The molecule has 0 aliphatic carbocycles. The summed E-state index contributed by atoms with van der Waals surface area (Å²) in [5.41, 5.74) is -0.0312. The second-order valence-electron chi connectivity index (χ2n) is 6.75. The van der Waals surface area contributed by atoms with Crippen molar-refractivity contribution in [2.24, 2.45) is 5.14 Å². The highest BCUT2D eigenvalue weighted by molar-refractivity contribution is 7.89. The molecule has 1 saturated heterocycles. The largest absolute Gasteiger partial charge is 0.491 e. The number of halogens is 4. The Morgan fingerprint density at radius 3 is 2.66 bits per heavy atom. The van der Waals surface area contributed by atoms with Crippen LogP contribution >= 0.6 is 0 Å². The van der Waals surface area contributed by atoms with Gasteiger partial charge in [0.05, 0.1) is 18.9 Å². The number of aromatic nitrogens is 1. The second kappa shape index (κ2) is 9.26. The molecule has 9 nitrogen and oxygen atoms in total. The van der Waals surface area contributed by atoms with Gasteiger partial charge in [0, 0.05) is 30.9 Å². The maximum Gasteiger partial charge on any atom is 0.345 e. The minimum atomic E-state index is -4.14. The Morgan fingerprint density at radius 2 is 2.03 bits per heavy atom. The van der Waals surface area contributed by atoms with E-state index in [-0.39, 0.29) is 24.3 Å². The van der Waals surface area contributed by atoms with Gasteiger partial charge >= 0.3 is 6.61 Å². The zero-order chi connectivity index (χ0) is 23.6. The molecular weight excluding hydrogens is 460 g/mol.